The molecule has 0 radical (unpaired) electrons. The summed E-state index contributed by atoms with van der Waals surface area (Å²) in [4.78, 5) is 12.0. The van der Waals surface area contributed by atoms with Gasteiger partial charge in [0.15, 0.2) is 0 Å². The van der Waals surface area contributed by atoms with Crippen molar-refractivity contribution >= 4 is 23.5 Å². The van der Waals surface area contributed by atoms with Crippen LogP contribution in [0.1, 0.15) is 12.8 Å². The van der Waals surface area contributed by atoms with Gasteiger partial charge in [-0.15, -0.1) is 6.42 Å². The molecule has 1 fully saturated rings. The molecule has 1 heterocycles. The van der Waals surface area contributed by atoms with Crippen molar-refractivity contribution in [1.29, 1.82) is 0 Å². The molecule has 0 spiro atoms. The molecule has 0 atom stereocenters. The van der Waals surface area contributed by atoms with E-state index in [2.05, 4.69) is 31.5 Å². The molecule has 15 heavy (non-hydrogen) atoms. The average Bonchev–Trinajstić information content (AvgIpc) is 2.98. The van der Waals surface area contributed by atoms with Gasteiger partial charge in [-0.25, -0.2) is 0 Å². The smallest absolute Gasteiger partial charge is 0.229 e. The predicted molar refractivity (Wildman–Crippen MR) is 58.8 cm³/mol. The zero-order valence-electron chi connectivity index (χ0n) is 8.00. The molecule has 1 aliphatic rings. The summed E-state index contributed by atoms with van der Waals surface area (Å²) in [5.41, 5.74) is 0. The fourth-order valence-electron chi connectivity index (χ4n) is 1.03. The molecule has 0 bridgehead atoms. The maximum Gasteiger partial charge on any atom is 0.229 e. The molecule has 0 unspecified atom stereocenters. The minimum absolute atomic E-state index is 0.160. The fourth-order valence-corrected chi connectivity index (χ4v) is 1.19. The fraction of sp³-hybridized carbons (Fsp3) is 0.444. The zero-order chi connectivity index (χ0) is 10.7. The predicted octanol–water partition coefficient (Wildman–Crippen LogP) is 1.14. The average molecular weight is 224 g/mol. The summed E-state index contributed by atoms with van der Waals surface area (Å²) in [6, 6.07) is 0.476. The third-order valence-electron chi connectivity index (χ3n) is 1.87. The molecular weight excluding hydrogens is 214 g/mol. The molecule has 2 N–H and O–H groups in total. The molecule has 1 aromatic heterocycles. The minimum atomic E-state index is 0.160. The van der Waals surface area contributed by atoms with E-state index in [1.807, 2.05) is 0 Å². The first-order valence-electron chi connectivity index (χ1n) is 4.63. The summed E-state index contributed by atoms with van der Waals surface area (Å²) in [6.07, 6.45) is 7.41. The van der Waals surface area contributed by atoms with Crippen molar-refractivity contribution in [2.45, 2.75) is 18.9 Å². The lowest BCUT2D eigenvalue weighted by Crippen LogP contribution is -2.10. The molecule has 0 aliphatic heterocycles. The SMILES string of the molecule is C#CCNc1nc(Cl)nc(NC2CC2)n1. The standard InChI is InChI=1S/C9H10ClN5/c1-2-5-11-8-13-7(10)14-9(15-8)12-6-3-4-6/h1,6H,3-5H2,(H2,11,12,13,14,15). The van der Waals surface area contributed by atoms with E-state index in [1.165, 1.54) is 0 Å². The van der Waals surface area contributed by atoms with Crippen LogP contribution in [-0.4, -0.2) is 27.5 Å². The number of halogens is 1. The van der Waals surface area contributed by atoms with Crippen LogP contribution in [-0.2, 0) is 0 Å². The van der Waals surface area contributed by atoms with Crippen LogP contribution in [0.15, 0.2) is 0 Å². The van der Waals surface area contributed by atoms with E-state index < -0.39 is 0 Å². The van der Waals surface area contributed by atoms with Crippen LogP contribution >= 0.6 is 11.6 Å². The Morgan fingerprint density at radius 1 is 1.33 bits per heavy atom. The number of nitrogens with one attached hydrogen (secondary N) is 2. The second-order valence-corrected chi connectivity index (χ2v) is 3.57. The van der Waals surface area contributed by atoms with Crippen LogP contribution in [0, 0.1) is 12.3 Å². The summed E-state index contributed by atoms with van der Waals surface area (Å²) >= 11 is 5.74. The van der Waals surface area contributed by atoms with Gasteiger partial charge in [0.1, 0.15) is 0 Å². The van der Waals surface area contributed by atoms with Crippen LogP contribution in [0.5, 0.6) is 0 Å². The van der Waals surface area contributed by atoms with Gasteiger partial charge < -0.3 is 10.6 Å². The number of aromatic nitrogens is 3. The highest BCUT2D eigenvalue weighted by Gasteiger charge is 2.22. The highest BCUT2D eigenvalue weighted by atomic mass is 35.5. The van der Waals surface area contributed by atoms with E-state index in [-0.39, 0.29) is 5.28 Å². The first-order chi connectivity index (χ1) is 7.28. The molecule has 1 saturated carbocycles. The Kier molecular flexibility index (Phi) is 2.88. The normalized spacial score (nSPS) is 14.4. The van der Waals surface area contributed by atoms with Gasteiger partial charge >= 0.3 is 0 Å². The summed E-state index contributed by atoms with van der Waals surface area (Å²) in [5.74, 6) is 3.33. The number of terminal acetylenes is 1. The molecule has 6 heteroatoms. The third-order valence-corrected chi connectivity index (χ3v) is 2.04. The van der Waals surface area contributed by atoms with Crippen LogP contribution in [0.2, 0.25) is 5.28 Å². The van der Waals surface area contributed by atoms with Crippen molar-refractivity contribution in [2.24, 2.45) is 0 Å². The minimum Gasteiger partial charge on any atom is -0.351 e. The number of hydrogen-bond acceptors (Lipinski definition) is 5. The summed E-state index contributed by atoms with van der Waals surface area (Å²) in [7, 11) is 0. The van der Waals surface area contributed by atoms with Gasteiger partial charge in [-0.2, -0.15) is 15.0 Å². The molecule has 1 aromatic rings. The molecule has 2 rings (SSSR count). The van der Waals surface area contributed by atoms with Gasteiger partial charge in [-0.05, 0) is 24.4 Å². The Balaban J connectivity index is 2.09. The number of nitrogens with zero attached hydrogens (tertiary/aromatic N) is 3. The Hall–Kier alpha value is -1.54. The van der Waals surface area contributed by atoms with Crippen LogP contribution in [0.3, 0.4) is 0 Å². The largest absolute Gasteiger partial charge is 0.351 e. The summed E-state index contributed by atoms with van der Waals surface area (Å²) in [5, 5.41) is 6.14. The lowest BCUT2D eigenvalue weighted by atomic mass is 10.6. The Morgan fingerprint density at radius 2 is 2.07 bits per heavy atom. The van der Waals surface area contributed by atoms with Gasteiger partial charge in [0, 0.05) is 6.04 Å². The van der Waals surface area contributed by atoms with E-state index in [1.54, 1.807) is 0 Å². The Morgan fingerprint density at radius 3 is 2.73 bits per heavy atom. The van der Waals surface area contributed by atoms with Crippen LogP contribution < -0.4 is 10.6 Å². The molecule has 0 aromatic carbocycles. The van der Waals surface area contributed by atoms with E-state index in [0.717, 1.165) is 12.8 Å². The topological polar surface area (TPSA) is 62.7 Å². The van der Waals surface area contributed by atoms with E-state index in [4.69, 9.17) is 18.0 Å². The molecule has 1 aliphatic carbocycles. The van der Waals surface area contributed by atoms with Crippen molar-refractivity contribution in [3.05, 3.63) is 5.28 Å². The molecule has 78 valence electrons. The van der Waals surface area contributed by atoms with Crippen molar-refractivity contribution < 1.29 is 0 Å². The highest BCUT2D eigenvalue weighted by molar-refractivity contribution is 6.28. The lowest BCUT2D eigenvalue weighted by Gasteiger charge is -2.05. The number of hydrogen-bond donors (Lipinski definition) is 2. The Labute approximate surface area is 92.7 Å². The van der Waals surface area contributed by atoms with Crippen molar-refractivity contribution in [3.8, 4) is 12.3 Å². The van der Waals surface area contributed by atoms with Crippen molar-refractivity contribution in [1.82, 2.24) is 15.0 Å². The Bertz CT molecular complexity index is 396. The number of anilines is 2. The zero-order valence-corrected chi connectivity index (χ0v) is 8.75. The second kappa shape index (κ2) is 4.32. The monoisotopic (exact) mass is 223 g/mol. The number of rotatable bonds is 4. The second-order valence-electron chi connectivity index (χ2n) is 3.23. The van der Waals surface area contributed by atoms with E-state index in [9.17, 15) is 0 Å². The van der Waals surface area contributed by atoms with Gasteiger partial charge in [0.05, 0.1) is 6.54 Å². The molecule has 0 amide bonds. The quantitative estimate of drug-likeness (QED) is 0.750. The van der Waals surface area contributed by atoms with Gasteiger partial charge in [0.2, 0.25) is 17.2 Å². The van der Waals surface area contributed by atoms with Gasteiger partial charge in [-0.3, -0.25) is 0 Å². The third kappa shape index (κ3) is 2.96. The van der Waals surface area contributed by atoms with Crippen molar-refractivity contribution in [2.75, 3.05) is 17.2 Å². The lowest BCUT2D eigenvalue weighted by molar-refractivity contribution is 0.996. The maximum atomic E-state index is 5.74. The van der Waals surface area contributed by atoms with E-state index >= 15 is 0 Å². The maximum absolute atomic E-state index is 5.74. The summed E-state index contributed by atoms with van der Waals surface area (Å²) in [6.45, 7) is 0.364. The van der Waals surface area contributed by atoms with Crippen LogP contribution in [0.4, 0.5) is 11.9 Å². The van der Waals surface area contributed by atoms with Crippen molar-refractivity contribution in [3.63, 3.8) is 0 Å². The highest BCUT2D eigenvalue weighted by Crippen LogP contribution is 2.23. The summed E-state index contributed by atoms with van der Waals surface area (Å²) < 4.78 is 0. The molecule has 5 nitrogen and oxygen atoms in total. The van der Waals surface area contributed by atoms with Gasteiger partial charge in [0.25, 0.3) is 0 Å². The molecular formula is C9H10ClN5. The van der Waals surface area contributed by atoms with Crippen LogP contribution in [0.25, 0.3) is 0 Å². The van der Waals surface area contributed by atoms with Gasteiger partial charge in [-0.1, -0.05) is 5.92 Å². The molecule has 0 saturated heterocycles. The first-order valence-corrected chi connectivity index (χ1v) is 5.01. The van der Waals surface area contributed by atoms with E-state index in [0.29, 0.717) is 24.5 Å². The first kappa shape index (κ1) is 9.99.